The van der Waals surface area contributed by atoms with Gasteiger partial charge in [0.1, 0.15) is 5.60 Å². The van der Waals surface area contributed by atoms with Gasteiger partial charge < -0.3 is 24.1 Å². The predicted octanol–water partition coefficient (Wildman–Crippen LogP) is 9.22. The van der Waals surface area contributed by atoms with Crippen molar-refractivity contribution in [2.75, 3.05) is 6.61 Å². The van der Waals surface area contributed by atoms with Gasteiger partial charge in [0.05, 0.1) is 6.61 Å². The topological polar surface area (TPSA) is 99.4 Å². The van der Waals surface area contributed by atoms with Crippen LogP contribution in [0.3, 0.4) is 0 Å². The molecule has 8 heteroatoms. The van der Waals surface area contributed by atoms with E-state index in [9.17, 15) is 19.6 Å². The third-order valence-electron chi connectivity index (χ3n) is 8.44. The Morgan fingerprint density at radius 3 is 1.14 bits per heavy atom. The van der Waals surface area contributed by atoms with E-state index in [-0.39, 0.29) is 28.3 Å². The molecule has 2 aromatic carbocycles. The number of hydrogen-bond donors (Lipinski definition) is 4. The van der Waals surface area contributed by atoms with Crippen molar-refractivity contribution in [3.05, 3.63) is 68.8 Å². The van der Waals surface area contributed by atoms with Crippen molar-refractivity contribution in [3.8, 4) is 0 Å². The fourth-order valence-corrected chi connectivity index (χ4v) is 7.13. The molecule has 0 saturated carbocycles. The maximum absolute atomic E-state index is 10.9. The van der Waals surface area contributed by atoms with E-state index < -0.39 is 28.2 Å². The lowest BCUT2D eigenvalue weighted by atomic mass is 9.59. The van der Waals surface area contributed by atoms with Gasteiger partial charge in [0, 0.05) is 5.41 Å². The minimum atomic E-state index is -2.88. The smallest absolute Gasteiger partial charge is 0.328 e. The highest BCUT2D eigenvalue weighted by atomic mass is 31.2. The number of benzene rings is 2. The van der Waals surface area contributed by atoms with E-state index in [1.807, 2.05) is 13.8 Å². The molecule has 0 spiro atoms. The van der Waals surface area contributed by atoms with E-state index in [2.05, 4.69) is 121 Å². The molecule has 0 atom stereocenters. The van der Waals surface area contributed by atoms with Crippen molar-refractivity contribution in [1.82, 2.24) is 0 Å². The highest BCUT2D eigenvalue weighted by Gasteiger charge is 2.56. The fourth-order valence-electron chi connectivity index (χ4n) is 6.02. The van der Waals surface area contributed by atoms with Crippen LogP contribution in [0.25, 0.3) is 0 Å². The van der Waals surface area contributed by atoms with Crippen LogP contribution in [0.5, 0.6) is 0 Å². The van der Waals surface area contributed by atoms with Crippen molar-refractivity contribution >= 4 is 17.2 Å². The van der Waals surface area contributed by atoms with Gasteiger partial charge in [0.15, 0.2) is 0 Å². The molecule has 0 saturated heterocycles. The Labute approximate surface area is 264 Å². The Balaban J connectivity index is 3.45. The molecule has 43 heavy (non-hydrogen) atoms. The third kappa shape index (κ3) is 8.27. The molecule has 2 rings (SSSR count). The second-order valence-electron chi connectivity index (χ2n) is 16.9. The predicted molar refractivity (Wildman–Crippen MR) is 181 cm³/mol. The molecule has 0 unspecified atom stereocenters. The largest absolute Gasteiger partial charge is 0.328 e. The molecule has 0 radical (unpaired) electrons. The minimum Gasteiger partial charge on any atom is -0.328 e. The Bertz CT molecular complexity index is 1200. The van der Waals surface area contributed by atoms with E-state index in [0.29, 0.717) is 0 Å². The first-order valence-corrected chi connectivity index (χ1v) is 17.4. The first-order valence-electron chi connectivity index (χ1n) is 15.1. The summed E-state index contributed by atoms with van der Waals surface area (Å²) in [6.45, 7) is 34.0. The summed E-state index contributed by atoms with van der Waals surface area (Å²) in [6.07, 6.45) is 0. The summed E-state index contributed by atoms with van der Waals surface area (Å²) in [6, 6.07) is 8.82. The zero-order valence-corrected chi connectivity index (χ0v) is 31.3. The molecule has 2 aromatic rings. The molecule has 0 aliphatic carbocycles. The summed E-state index contributed by atoms with van der Waals surface area (Å²) in [5.74, 6) is 0. The molecule has 0 aliphatic rings. The van der Waals surface area contributed by atoms with Crippen LogP contribution in [0.1, 0.15) is 141 Å². The summed E-state index contributed by atoms with van der Waals surface area (Å²) in [7, 11) is -5.55. The van der Waals surface area contributed by atoms with Crippen LogP contribution in [0.4, 0.5) is 0 Å². The standard InChI is InChI=1S/C35H58O6P2/c1-22-17-24(30(3,4)5)19-26(32(9,10)11)28(22)35(41-43(38)39,34(15,16)21-40-42(36)37)29-23(2)18-25(31(6,7)8)20-27(29)33(12,13)14/h17-20,36-39H,21H2,1-16H3. The zero-order chi connectivity index (χ0) is 33.7. The second kappa shape index (κ2) is 12.7. The highest BCUT2D eigenvalue weighted by Crippen LogP contribution is 2.60. The van der Waals surface area contributed by atoms with Gasteiger partial charge in [-0.3, -0.25) is 4.52 Å². The Kier molecular flexibility index (Phi) is 11.3. The SMILES string of the molecule is Cc1cc(C(C)(C)C)cc(C(C)(C)C)c1C(OP(O)O)(c1c(C)cc(C(C)(C)C)cc1C(C)(C)C)C(C)(C)COP(O)O. The van der Waals surface area contributed by atoms with Crippen molar-refractivity contribution in [2.45, 2.75) is 138 Å². The summed E-state index contributed by atoms with van der Waals surface area (Å²) < 4.78 is 12.2. The summed E-state index contributed by atoms with van der Waals surface area (Å²) in [5, 5.41) is 0. The summed E-state index contributed by atoms with van der Waals surface area (Å²) in [5.41, 5.74) is 4.53. The summed E-state index contributed by atoms with van der Waals surface area (Å²) in [4.78, 5) is 41.5. The van der Waals surface area contributed by atoms with E-state index in [1.54, 1.807) is 0 Å². The van der Waals surface area contributed by atoms with Gasteiger partial charge in [0.25, 0.3) is 0 Å². The van der Waals surface area contributed by atoms with Crippen LogP contribution in [0.2, 0.25) is 0 Å². The van der Waals surface area contributed by atoms with Crippen LogP contribution in [-0.2, 0) is 36.3 Å². The van der Waals surface area contributed by atoms with Crippen molar-refractivity contribution in [3.63, 3.8) is 0 Å². The first-order chi connectivity index (χ1) is 19.1. The Morgan fingerprint density at radius 1 is 0.535 bits per heavy atom. The van der Waals surface area contributed by atoms with Gasteiger partial charge in [-0.05, 0) is 80.0 Å². The third-order valence-corrected chi connectivity index (χ3v) is 9.23. The maximum Gasteiger partial charge on any atom is 0.328 e. The number of rotatable bonds is 8. The van der Waals surface area contributed by atoms with Gasteiger partial charge in [-0.15, -0.1) is 0 Å². The van der Waals surface area contributed by atoms with Gasteiger partial charge in [-0.25, -0.2) is 0 Å². The quantitative estimate of drug-likeness (QED) is 0.216. The Morgan fingerprint density at radius 2 is 0.884 bits per heavy atom. The van der Waals surface area contributed by atoms with Gasteiger partial charge in [-0.2, -0.15) is 0 Å². The monoisotopic (exact) mass is 636 g/mol. The molecule has 0 bridgehead atoms. The minimum absolute atomic E-state index is 0.108. The van der Waals surface area contributed by atoms with Crippen LogP contribution in [0.15, 0.2) is 24.3 Å². The maximum atomic E-state index is 10.9. The van der Waals surface area contributed by atoms with Crippen LogP contribution in [-0.4, -0.2) is 26.2 Å². The van der Waals surface area contributed by atoms with Crippen molar-refractivity contribution in [1.29, 1.82) is 0 Å². The fraction of sp³-hybridized carbons (Fsp3) is 0.657. The van der Waals surface area contributed by atoms with Gasteiger partial charge in [0.2, 0.25) is 0 Å². The zero-order valence-electron chi connectivity index (χ0n) is 29.5. The van der Waals surface area contributed by atoms with Crippen molar-refractivity contribution in [2.24, 2.45) is 5.41 Å². The highest BCUT2D eigenvalue weighted by molar-refractivity contribution is 7.39. The second-order valence-corrected chi connectivity index (χ2v) is 18.3. The van der Waals surface area contributed by atoms with Crippen LogP contribution in [0, 0.1) is 19.3 Å². The lowest BCUT2D eigenvalue weighted by Gasteiger charge is -2.51. The molecule has 0 heterocycles. The van der Waals surface area contributed by atoms with E-state index >= 15 is 0 Å². The average Bonchev–Trinajstić information content (AvgIpc) is 2.78. The lowest BCUT2D eigenvalue weighted by molar-refractivity contribution is -0.0494. The molecule has 6 nitrogen and oxygen atoms in total. The summed E-state index contributed by atoms with van der Waals surface area (Å²) >= 11 is 0. The molecule has 0 aromatic heterocycles. The molecule has 0 fully saturated rings. The number of hydrogen-bond acceptors (Lipinski definition) is 6. The molecule has 0 aliphatic heterocycles. The van der Waals surface area contributed by atoms with E-state index in [0.717, 1.165) is 33.4 Å². The molecular formula is C35H58O6P2. The van der Waals surface area contributed by atoms with Gasteiger partial charge >= 0.3 is 17.2 Å². The van der Waals surface area contributed by atoms with E-state index in [4.69, 9.17) is 9.05 Å². The molecule has 4 N–H and O–H groups in total. The molecule has 0 amide bonds. The van der Waals surface area contributed by atoms with Crippen molar-refractivity contribution < 1.29 is 28.6 Å². The average molecular weight is 637 g/mol. The molecular weight excluding hydrogens is 578 g/mol. The molecule has 244 valence electrons. The van der Waals surface area contributed by atoms with Gasteiger partial charge in [-0.1, -0.05) is 121 Å². The lowest BCUT2D eigenvalue weighted by Crippen LogP contribution is -2.50. The number of aryl methyl sites for hydroxylation is 2. The van der Waals surface area contributed by atoms with Crippen LogP contribution >= 0.6 is 17.2 Å². The van der Waals surface area contributed by atoms with Crippen LogP contribution < -0.4 is 0 Å². The Hall–Kier alpha value is -0.940. The van der Waals surface area contributed by atoms with E-state index in [1.165, 1.54) is 11.1 Å². The normalized spacial score (nSPS) is 14.3. The first kappa shape index (κ1) is 38.2.